The third kappa shape index (κ3) is 5.57. The normalized spacial score (nSPS) is 17.8. The number of benzene rings is 2. The maximum atomic E-state index is 4.81. The third-order valence-electron chi connectivity index (χ3n) is 6.35. The average molecular weight is 474 g/mol. The lowest BCUT2D eigenvalue weighted by atomic mass is 9.91. The largest absolute Gasteiger partial charge is 0.362 e. The van der Waals surface area contributed by atoms with Gasteiger partial charge in [0.05, 0.1) is 5.52 Å². The first-order valence-corrected chi connectivity index (χ1v) is 12.6. The fourth-order valence-corrected chi connectivity index (χ4v) is 5.53. The van der Waals surface area contributed by atoms with E-state index in [0.29, 0.717) is 12.1 Å². The van der Waals surface area contributed by atoms with E-state index in [-0.39, 0.29) is 7.43 Å². The molecule has 0 spiro atoms. The summed E-state index contributed by atoms with van der Waals surface area (Å²) in [4.78, 5) is 14.4. The second-order valence-corrected chi connectivity index (χ2v) is 10.2. The molecule has 34 heavy (non-hydrogen) atoms. The molecule has 0 radical (unpaired) electrons. The van der Waals surface area contributed by atoms with Gasteiger partial charge >= 0.3 is 0 Å². The summed E-state index contributed by atoms with van der Waals surface area (Å²) in [7, 11) is 4.07. The smallest absolute Gasteiger partial charge is 0.225 e. The van der Waals surface area contributed by atoms with Gasteiger partial charge in [-0.2, -0.15) is 4.98 Å². The van der Waals surface area contributed by atoms with Gasteiger partial charge in [0, 0.05) is 47.9 Å². The van der Waals surface area contributed by atoms with Crippen molar-refractivity contribution < 1.29 is 0 Å². The first-order chi connectivity index (χ1) is 16.2. The molecule has 5 rings (SSSR count). The summed E-state index contributed by atoms with van der Waals surface area (Å²) in [5.74, 6) is 1.70. The average Bonchev–Trinajstić information content (AvgIpc) is 3.33. The Bertz CT molecular complexity index is 1200. The molecule has 0 amide bonds. The van der Waals surface area contributed by atoms with E-state index in [2.05, 4.69) is 70.1 Å². The fraction of sp³-hybridized carbons (Fsp3) is 0.357. The molecule has 2 heterocycles. The number of rotatable bonds is 7. The minimum atomic E-state index is 0. The predicted octanol–water partition coefficient (Wildman–Crippen LogP) is 6.57. The van der Waals surface area contributed by atoms with Gasteiger partial charge in [-0.15, -0.1) is 11.3 Å². The summed E-state index contributed by atoms with van der Waals surface area (Å²) in [5.41, 5.74) is 2.29. The number of nitrogens with one attached hydrogen (secondary N) is 2. The highest BCUT2D eigenvalue weighted by molar-refractivity contribution is 7.15. The number of anilines is 2. The van der Waals surface area contributed by atoms with Crippen LogP contribution in [0.1, 0.15) is 38.0 Å². The number of aromatic nitrogens is 2. The Kier molecular flexibility index (Phi) is 7.80. The zero-order valence-corrected chi connectivity index (χ0v) is 20.1. The van der Waals surface area contributed by atoms with Crippen molar-refractivity contribution >= 4 is 34.0 Å². The van der Waals surface area contributed by atoms with Gasteiger partial charge in [-0.25, -0.2) is 4.98 Å². The molecule has 2 aromatic carbocycles. The summed E-state index contributed by atoms with van der Waals surface area (Å²) < 4.78 is 0. The Balaban J connectivity index is 0.00000274. The van der Waals surface area contributed by atoms with Gasteiger partial charge in [-0.1, -0.05) is 49.9 Å². The van der Waals surface area contributed by atoms with E-state index in [4.69, 9.17) is 9.97 Å². The van der Waals surface area contributed by atoms with Gasteiger partial charge in [0.2, 0.25) is 5.95 Å². The Morgan fingerprint density at radius 2 is 1.56 bits per heavy atom. The fourth-order valence-electron chi connectivity index (χ4n) is 4.57. The van der Waals surface area contributed by atoms with Crippen LogP contribution in [-0.4, -0.2) is 36.1 Å². The quantitative estimate of drug-likeness (QED) is 0.318. The molecule has 0 bridgehead atoms. The number of nitrogens with zero attached hydrogens (tertiary/aromatic N) is 3. The van der Waals surface area contributed by atoms with Crippen LogP contribution in [0.3, 0.4) is 0 Å². The van der Waals surface area contributed by atoms with Crippen LogP contribution in [0.5, 0.6) is 0 Å². The molecule has 1 saturated carbocycles. The molecule has 5 nitrogen and oxygen atoms in total. The molecule has 1 fully saturated rings. The molecular weight excluding hydrogens is 438 g/mol. The van der Waals surface area contributed by atoms with Crippen LogP contribution >= 0.6 is 11.3 Å². The number of fused-ring (bicyclic) bond motifs is 1. The third-order valence-corrected chi connectivity index (χ3v) is 7.49. The number of para-hydroxylation sites is 1. The summed E-state index contributed by atoms with van der Waals surface area (Å²) in [6.45, 7) is 0.945. The van der Waals surface area contributed by atoms with Gasteiger partial charge in [0.15, 0.2) is 0 Å². The lowest BCUT2D eigenvalue weighted by Gasteiger charge is -2.30. The molecule has 178 valence electrons. The molecule has 2 aromatic heterocycles. The zero-order valence-electron chi connectivity index (χ0n) is 19.3. The summed E-state index contributed by atoms with van der Waals surface area (Å²) in [6.07, 6.45) is 4.60. The van der Waals surface area contributed by atoms with Gasteiger partial charge in [0.1, 0.15) is 5.82 Å². The standard InChI is InChI=1S/C27H31N5S.CH4/c1-32(2)26-23-10-6-7-11-24(23)30-27(31-26)29-21-14-12-20(13-15-21)28-18-22-16-17-25(33-22)19-8-4-3-5-9-19;/h3-11,16-17,20-21,28H,12-15,18H2,1-2H3,(H,29,30,31);1H4. The monoisotopic (exact) mass is 473 g/mol. The van der Waals surface area contributed by atoms with Crippen LogP contribution in [0, 0.1) is 0 Å². The van der Waals surface area contributed by atoms with Crippen LogP contribution in [0.4, 0.5) is 11.8 Å². The Morgan fingerprint density at radius 1 is 0.853 bits per heavy atom. The van der Waals surface area contributed by atoms with Gasteiger partial charge < -0.3 is 15.5 Å². The maximum Gasteiger partial charge on any atom is 0.225 e. The van der Waals surface area contributed by atoms with Crippen molar-refractivity contribution in [1.82, 2.24) is 15.3 Å². The SMILES string of the molecule is C.CN(C)c1nc(NC2CCC(NCc3ccc(-c4ccccc4)s3)CC2)nc2ccccc12. The summed E-state index contributed by atoms with van der Waals surface area (Å²) in [6, 6.07) is 24.3. The highest BCUT2D eigenvalue weighted by atomic mass is 32.1. The minimum absolute atomic E-state index is 0. The Labute approximate surface area is 207 Å². The molecule has 0 atom stereocenters. The van der Waals surface area contributed by atoms with Crippen LogP contribution in [0.25, 0.3) is 21.3 Å². The highest BCUT2D eigenvalue weighted by Gasteiger charge is 2.22. The van der Waals surface area contributed by atoms with Crippen molar-refractivity contribution in [3.8, 4) is 10.4 Å². The number of hydrogen-bond acceptors (Lipinski definition) is 6. The van der Waals surface area contributed by atoms with Crippen LogP contribution in [-0.2, 0) is 6.54 Å². The maximum absolute atomic E-state index is 4.81. The molecule has 0 unspecified atom stereocenters. The van der Waals surface area contributed by atoms with Gasteiger partial charge in [-0.3, -0.25) is 0 Å². The van der Waals surface area contributed by atoms with E-state index in [0.717, 1.165) is 42.1 Å². The van der Waals surface area contributed by atoms with Crippen molar-refractivity contribution in [2.45, 2.75) is 51.7 Å². The first-order valence-electron chi connectivity index (χ1n) is 11.7. The van der Waals surface area contributed by atoms with Crippen molar-refractivity contribution in [2.24, 2.45) is 0 Å². The summed E-state index contributed by atoms with van der Waals surface area (Å²) in [5, 5.41) is 8.48. The lowest BCUT2D eigenvalue weighted by Crippen LogP contribution is -2.36. The molecule has 0 saturated heterocycles. The second kappa shape index (κ2) is 11.0. The van der Waals surface area contributed by atoms with Gasteiger partial charge in [-0.05, 0) is 55.5 Å². The topological polar surface area (TPSA) is 53.1 Å². The zero-order chi connectivity index (χ0) is 22.6. The van der Waals surface area contributed by atoms with E-state index >= 15 is 0 Å². The van der Waals surface area contributed by atoms with Crippen LogP contribution in [0.15, 0.2) is 66.7 Å². The number of hydrogen-bond donors (Lipinski definition) is 2. The molecule has 2 N–H and O–H groups in total. The minimum Gasteiger partial charge on any atom is -0.362 e. The second-order valence-electron chi connectivity index (χ2n) is 8.99. The van der Waals surface area contributed by atoms with Crippen molar-refractivity contribution in [3.05, 3.63) is 71.6 Å². The summed E-state index contributed by atoms with van der Waals surface area (Å²) >= 11 is 1.89. The van der Waals surface area contributed by atoms with Crippen molar-refractivity contribution in [1.29, 1.82) is 0 Å². The van der Waals surface area contributed by atoms with E-state index in [9.17, 15) is 0 Å². The van der Waals surface area contributed by atoms with Crippen molar-refractivity contribution in [2.75, 3.05) is 24.3 Å². The molecule has 6 heteroatoms. The van der Waals surface area contributed by atoms with E-state index < -0.39 is 0 Å². The molecule has 0 aliphatic heterocycles. The van der Waals surface area contributed by atoms with Crippen molar-refractivity contribution in [3.63, 3.8) is 0 Å². The van der Waals surface area contributed by atoms with E-state index in [1.54, 1.807) is 0 Å². The molecular formula is C28H35N5S. The first kappa shape index (κ1) is 24.2. The van der Waals surface area contributed by atoms with E-state index in [1.807, 2.05) is 37.6 Å². The van der Waals surface area contributed by atoms with E-state index in [1.165, 1.54) is 28.2 Å². The number of thiophene rings is 1. The highest BCUT2D eigenvalue weighted by Crippen LogP contribution is 2.29. The molecule has 1 aliphatic rings. The van der Waals surface area contributed by atoms with Crippen LogP contribution in [0.2, 0.25) is 0 Å². The van der Waals surface area contributed by atoms with Crippen LogP contribution < -0.4 is 15.5 Å². The Hall–Kier alpha value is -2.96. The molecule has 1 aliphatic carbocycles. The lowest BCUT2D eigenvalue weighted by molar-refractivity contribution is 0.353. The Morgan fingerprint density at radius 3 is 2.32 bits per heavy atom. The predicted molar refractivity (Wildman–Crippen MR) is 147 cm³/mol. The molecule has 4 aromatic rings. The van der Waals surface area contributed by atoms with Gasteiger partial charge in [0.25, 0.3) is 0 Å².